The minimum Gasteiger partial charge on any atom is -0.346 e. The van der Waals surface area contributed by atoms with E-state index in [1.54, 1.807) is 0 Å². The second-order valence-electron chi connectivity index (χ2n) is 4.88. The first kappa shape index (κ1) is 16.5. The third kappa shape index (κ3) is 6.56. The van der Waals surface area contributed by atoms with Gasteiger partial charge in [-0.1, -0.05) is 30.3 Å². The van der Waals surface area contributed by atoms with Gasteiger partial charge in [0.2, 0.25) is 5.91 Å². The SMILES string of the molecule is CC(C)N(CC(=O)NCC(F)(F)F)Cc1ccccc1. The number of alkyl halides is 3. The van der Waals surface area contributed by atoms with Gasteiger partial charge in [-0.3, -0.25) is 9.69 Å². The van der Waals surface area contributed by atoms with E-state index < -0.39 is 18.6 Å². The van der Waals surface area contributed by atoms with E-state index in [9.17, 15) is 18.0 Å². The molecule has 0 atom stereocenters. The summed E-state index contributed by atoms with van der Waals surface area (Å²) in [5.74, 6) is -0.619. The number of nitrogens with one attached hydrogen (secondary N) is 1. The molecule has 0 saturated heterocycles. The fourth-order valence-corrected chi connectivity index (χ4v) is 1.68. The number of hydrogen-bond donors (Lipinski definition) is 1. The molecule has 0 heterocycles. The monoisotopic (exact) mass is 288 g/mol. The Labute approximate surface area is 116 Å². The van der Waals surface area contributed by atoms with E-state index in [4.69, 9.17) is 0 Å². The molecule has 1 rings (SSSR count). The number of amides is 1. The van der Waals surface area contributed by atoms with Crippen LogP contribution < -0.4 is 5.32 Å². The fourth-order valence-electron chi connectivity index (χ4n) is 1.68. The number of benzene rings is 1. The second-order valence-corrected chi connectivity index (χ2v) is 4.88. The van der Waals surface area contributed by atoms with Crippen molar-refractivity contribution in [3.05, 3.63) is 35.9 Å². The maximum Gasteiger partial charge on any atom is 0.405 e. The van der Waals surface area contributed by atoms with Gasteiger partial charge >= 0.3 is 6.18 Å². The maximum absolute atomic E-state index is 12.0. The lowest BCUT2D eigenvalue weighted by atomic mass is 10.2. The summed E-state index contributed by atoms with van der Waals surface area (Å²) < 4.78 is 36.1. The van der Waals surface area contributed by atoms with Crippen LogP contribution in [-0.4, -0.2) is 36.1 Å². The van der Waals surface area contributed by atoms with Crippen molar-refractivity contribution in [3.63, 3.8) is 0 Å². The zero-order valence-electron chi connectivity index (χ0n) is 11.6. The normalized spacial score (nSPS) is 11.9. The van der Waals surface area contributed by atoms with Crippen LogP contribution in [0.15, 0.2) is 30.3 Å². The average molecular weight is 288 g/mol. The topological polar surface area (TPSA) is 32.3 Å². The third-order valence-electron chi connectivity index (χ3n) is 2.79. The van der Waals surface area contributed by atoms with Crippen LogP contribution in [0.3, 0.4) is 0 Å². The van der Waals surface area contributed by atoms with Crippen molar-refractivity contribution in [2.75, 3.05) is 13.1 Å². The molecule has 0 aliphatic rings. The quantitative estimate of drug-likeness (QED) is 0.872. The molecule has 0 spiro atoms. The molecule has 6 heteroatoms. The smallest absolute Gasteiger partial charge is 0.346 e. The highest BCUT2D eigenvalue weighted by molar-refractivity contribution is 5.78. The summed E-state index contributed by atoms with van der Waals surface area (Å²) in [7, 11) is 0. The van der Waals surface area contributed by atoms with E-state index in [0.717, 1.165) is 5.56 Å². The van der Waals surface area contributed by atoms with Gasteiger partial charge in [0.25, 0.3) is 0 Å². The Kier molecular flexibility index (Phi) is 6.01. The Morgan fingerprint density at radius 1 is 1.25 bits per heavy atom. The zero-order valence-corrected chi connectivity index (χ0v) is 11.6. The van der Waals surface area contributed by atoms with Gasteiger partial charge in [-0.15, -0.1) is 0 Å². The molecular formula is C14H19F3N2O. The van der Waals surface area contributed by atoms with Crippen molar-refractivity contribution in [2.24, 2.45) is 0 Å². The van der Waals surface area contributed by atoms with Crippen LogP contribution in [0.5, 0.6) is 0 Å². The van der Waals surface area contributed by atoms with Crippen LogP contribution in [0.1, 0.15) is 19.4 Å². The number of carbonyl (C=O) groups excluding carboxylic acids is 1. The first-order chi connectivity index (χ1) is 9.28. The van der Waals surface area contributed by atoms with E-state index in [-0.39, 0.29) is 12.6 Å². The van der Waals surface area contributed by atoms with Crippen LogP contribution in [-0.2, 0) is 11.3 Å². The second kappa shape index (κ2) is 7.28. The first-order valence-electron chi connectivity index (χ1n) is 6.39. The number of nitrogens with zero attached hydrogens (tertiary/aromatic N) is 1. The molecule has 0 aromatic heterocycles. The largest absolute Gasteiger partial charge is 0.405 e. The maximum atomic E-state index is 12.0. The van der Waals surface area contributed by atoms with Crippen molar-refractivity contribution >= 4 is 5.91 Å². The molecule has 1 aromatic carbocycles. The average Bonchev–Trinajstić information content (AvgIpc) is 2.36. The number of halogens is 3. The van der Waals surface area contributed by atoms with Crippen molar-refractivity contribution < 1.29 is 18.0 Å². The molecule has 0 bridgehead atoms. The Morgan fingerprint density at radius 3 is 2.35 bits per heavy atom. The van der Waals surface area contributed by atoms with Gasteiger partial charge in [-0.2, -0.15) is 13.2 Å². The molecule has 1 amide bonds. The Balaban J connectivity index is 2.53. The fraction of sp³-hybridized carbons (Fsp3) is 0.500. The lowest BCUT2D eigenvalue weighted by Gasteiger charge is -2.26. The number of hydrogen-bond acceptors (Lipinski definition) is 2. The molecule has 1 aromatic rings. The predicted octanol–water partition coefficient (Wildman–Crippen LogP) is 2.58. The summed E-state index contributed by atoms with van der Waals surface area (Å²) in [6.07, 6.45) is -4.38. The summed E-state index contributed by atoms with van der Waals surface area (Å²) in [5.41, 5.74) is 1.02. The zero-order chi connectivity index (χ0) is 15.2. The summed E-state index contributed by atoms with van der Waals surface area (Å²) in [6, 6.07) is 9.56. The van der Waals surface area contributed by atoms with Crippen LogP contribution in [0, 0.1) is 0 Å². The molecule has 0 aliphatic heterocycles. The third-order valence-corrected chi connectivity index (χ3v) is 2.79. The molecule has 0 fully saturated rings. The highest BCUT2D eigenvalue weighted by atomic mass is 19.4. The number of rotatable bonds is 6. The van der Waals surface area contributed by atoms with E-state index in [1.807, 2.05) is 54.4 Å². The van der Waals surface area contributed by atoms with Gasteiger partial charge in [0, 0.05) is 12.6 Å². The van der Waals surface area contributed by atoms with Gasteiger partial charge in [0.15, 0.2) is 0 Å². The van der Waals surface area contributed by atoms with E-state index in [0.29, 0.717) is 6.54 Å². The highest BCUT2D eigenvalue weighted by Crippen LogP contribution is 2.12. The van der Waals surface area contributed by atoms with E-state index >= 15 is 0 Å². The summed E-state index contributed by atoms with van der Waals surface area (Å²) >= 11 is 0. The molecule has 0 unspecified atom stereocenters. The Hall–Kier alpha value is -1.56. The molecule has 112 valence electrons. The minimum absolute atomic E-state index is 0.0529. The first-order valence-corrected chi connectivity index (χ1v) is 6.39. The van der Waals surface area contributed by atoms with Gasteiger partial charge in [-0.05, 0) is 19.4 Å². The van der Waals surface area contributed by atoms with Crippen LogP contribution in [0.2, 0.25) is 0 Å². The van der Waals surface area contributed by atoms with Gasteiger partial charge in [-0.25, -0.2) is 0 Å². The van der Waals surface area contributed by atoms with Gasteiger partial charge in [0.05, 0.1) is 6.54 Å². The van der Waals surface area contributed by atoms with E-state index in [2.05, 4.69) is 0 Å². The van der Waals surface area contributed by atoms with Crippen molar-refractivity contribution in [3.8, 4) is 0 Å². The standard InChI is InChI=1S/C14H19F3N2O/c1-11(2)19(8-12-6-4-3-5-7-12)9-13(20)18-10-14(15,16)17/h3-7,11H,8-10H2,1-2H3,(H,18,20). The molecule has 1 N–H and O–H groups in total. The molecule has 0 saturated carbocycles. The minimum atomic E-state index is -4.38. The highest BCUT2D eigenvalue weighted by Gasteiger charge is 2.28. The molecule has 0 radical (unpaired) electrons. The molecule has 3 nitrogen and oxygen atoms in total. The molecule has 20 heavy (non-hydrogen) atoms. The Bertz CT molecular complexity index is 418. The van der Waals surface area contributed by atoms with Gasteiger partial charge in [0.1, 0.15) is 6.54 Å². The van der Waals surface area contributed by atoms with Crippen LogP contribution in [0.25, 0.3) is 0 Å². The summed E-state index contributed by atoms with van der Waals surface area (Å²) in [6.45, 7) is 2.99. The van der Waals surface area contributed by atoms with Crippen molar-refractivity contribution in [1.82, 2.24) is 10.2 Å². The van der Waals surface area contributed by atoms with Gasteiger partial charge < -0.3 is 5.32 Å². The molecular weight excluding hydrogens is 269 g/mol. The summed E-state index contributed by atoms with van der Waals surface area (Å²) in [5, 5.41) is 1.89. The number of carbonyl (C=O) groups is 1. The van der Waals surface area contributed by atoms with E-state index in [1.165, 1.54) is 0 Å². The van der Waals surface area contributed by atoms with Crippen LogP contribution >= 0.6 is 0 Å². The Morgan fingerprint density at radius 2 is 1.85 bits per heavy atom. The van der Waals surface area contributed by atoms with Crippen molar-refractivity contribution in [1.29, 1.82) is 0 Å². The lowest BCUT2D eigenvalue weighted by molar-refractivity contribution is -0.139. The molecule has 0 aliphatic carbocycles. The van der Waals surface area contributed by atoms with Crippen LogP contribution in [0.4, 0.5) is 13.2 Å². The predicted molar refractivity (Wildman–Crippen MR) is 71.1 cm³/mol. The van der Waals surface area contributed by atoms with Crippen molar-refractivity contribution in [2.45, 2.75) is 32.6 Å². The lowest BCUT2D eigenvalue weighted by Crippen LogP contribution is -2.43. The summed E-state index contributed by atoms with van der Waals surface area (Å²) in [4.78, 5) is 13.4.